The quantitative estimate of drug-likeness (QED) is 0.612. The van der Waals surface area contributed by atoms with Crippen LogP contribution < -0.4 is 10.6 Å². The Labute approximate surface area is 128 Å². The average Bonchev–Trinajstić information content (AvgIpc) is 2.48. The van der Waals surface area contributed by atoms with Crippen LogP contribution in [-0.4, -0.2) is 35.8 Å². The van der Waals surface area contributed by atoms with Crippen LogP contribution in [0.3, 0.4) is 0 Å². The number of nitrogens with zero attached hydrogens (tertiary/aromatic N) is 2. The molecule has 120 valence electrons. The highest BCUT2D eigenvalue weighted by atomic mass is 16.5. The summed E-state index contributed by atoms with van der Waals surface area (Å²) in [4.78, 5) is 8.71. The van der Waals surface area contributed by atoms with Gasteiger partial charge in [-0.15, -0.1) is 0 Å². The first-order valence-corrected chi connectivity index (χ1v) is 8.12. The summed E-state index contributed by atoms with van der Waals surface area (Å²) in [5.74, 6) is 1.91. The summed E-state index contributed by atoms with van der Waals surface area (Å²) in [6, 6.07) is 0. The summed E-state index contributed by atoms with van der Waals surface area (Å²) in [7, 11) is 0. The van der Waals surface area contributed by atoms with E-state index in [1.54, 1.807) is 6.33 Å². The highest BCUT2D eigenvalue weighted by Crippen LogP contribution is 2.20. The molecule has 21 heavy (non-hydrogen) atoms. The molecule has 0 atom stereocenters. The zero-order valence-electron chi connectivity index (χ0n) is 13.9. The minimum Gasteiger partial charge on any atom is -0.379 e. The highest BCUT2D eigenvalue weighted by Gasteiger charge is 2.08. The van der Waals surface area contributed by atoms with Crippen LogP contribution in [0, 0.1) is 0 Å². The normalized spacial score (nSPS) is 10.9. The van der Waals surface area contributed by atoms with Crippen LogP contribution in [0.1, 0.15) is 52.5 Å². The molecule has 2 N–H and O–H groups in total. The second kappa shape index (κ2) is 10.4. The van der Waals surface area contributed by atoms with Crippen molar-refractivity contribution in [1.82, 2.24) is 9.97 Å². The Kier molecular flexibility index (Phi) is 8.74. The molecule has 0 spiro atoms. The van der Waals surface area contributed by atoms with Gasteiger partial charge in [0.05, 0.1) is 6.10 Å². The summed E-state index contributed by atoms with van der Waals surface area (Å²) < 4.78 is 5.54. The molecular formula is C16H30N4O. The van der Waals surface area contributed by atoms with Gasteiger partial charge in [-0.1, -0.05) is 13.8 Å². The van der Waals surface area contributed by atoms with Gasteiger partial charge in [0.1, 0.15) is 18.0 Å². The van der Waals surface area contributed by atoms with Gasteiger partial charge in [0.25, 0.3) is 0 Å². The van der Waals surface area contributed by atoms with Crippen LogP contribution in [0.15, 0.2) is 6.33 Å². The fourth-order valence-electron chi connectivity index (χ4n) is 2.05. The van der Waals surface area contributed by atoms with Gasteiger partial charge in [0.2, 0.25) is 0 Å². The van der Waals surface area contributed by atoms with E-state index in [0.29, 0.717) is 6.10 Å². The van der Waals surface area contributed by atoms with Crippen molar-refractivity contribution in [3.05, 3.63) is 11.9 Å². The van der Waals surface area contributed by atoms with Crippen LogP contribution in [0.4, 0.5) is 11.6 Å². The lowest BCUT2D eigenvalue weighted by molar-refractivity contribution is 0.0765. The Bertz CT molecular complexity index is 396. The van der Waals surface area contributed by atoms with Gasteiger partial charge in [-0.2, -0.15) is 0 Å². The van der Waals surface area contributed by atoms with Crippen molar-refractivity contribution in [2.75, 3.05) is 30.3 Å². The lowest BCUT2D eigenvalue weighted by atomic mass is 10.2. The Morgan fingerprint density at radius 2 is 1.71 bits per heavy atom. The second-order valence-corrected chi connectivity index (χ2v) is 5.38. The molecule has 0 aliphatic rings. The van der Waals surface area contributed by atoms with E-state index in [0.717, 1.165) is 57.0 Å². The molecule has 1 heterocycles. The minimum absolute atomic E-state index is 0.318. The minimum atomic E-state index is 0.318. The molecule has 0 aliphatic carbocycles. The molecule has 0 saturated heterocycles. The maximum Gasteiger partial charge on any atom is 0.134 e. The van der Waals surface area contributed by atoms with E-state index < -0.39 is 0 Å². The van der Waals surface area contributed by atoms with Gasteiger partial charge in [-0.25, -0.2) is 9.97 Å². The number of hydrogen-bond donors (Lipinski definition) is 2. The summed E-state index contributed by atoms with van der Waals surface area (Å²) in [6.45, 7) is 11.1. The lowest BCUT2D eigenvalue weighted by Crippen LogP contribution is -2.12. The van der Waals surface area contributed by atoms with E-state index in [-0.39, 0.29) is 0 Å². The number of unbranched alkanes of at least 4 members (excludes halogenated alkanes) is 1. The van der Waals surface area contributed by atoms with Crippen LogP contribution in [0.25, 0.3) is 0 Å². The monoisotopic (exact) mass is 294 g/mol. The first kappa shape index (κ1) is 17.7. The summed E-state index contributed by atoms with van der Waals surface area (Å²) in [5, 5.41) is 6.79. The second-order valence-electron chi connectivity index (χ2n) is 5.38. The Hall–Kier alpha value is -1.36. The van der Waals surface area contributed by atoms with E-state index in [1.807, 2.05) is 0 Å². The zero-order valence-corrected chi connectivity index (χ0v) is 13.9. The molecule has 1 rings (SSSR count). The van der Waals surface area contributed by atoms with Gasteiger partial charge in [-0.3, -0.25) is 0 Å². The van der Waals surface area contributed by atoms with E-state index >= 15 is 0 Å². The predicted molar refractivity (Wildman–Crippen MR) is 89.0 cm³/mol. The number of aromatic nitrogens is 2. The molecule has 1 aromatic rings. The van der Waals surface area contributed by atoms with Crippen molar-refractivity contribution in [3.63, 3.8) is 0 Å². The van der Waals surface area contributed by atoms with Crippen molar-refractivity contribution in [3.8, 4) is 0 Å². The number of hydrogen-bond acceptors (Lipinski definition) is 5. The van der Waals surface area contributed by atoms with Crippen molar-refractivity contribution in [2.45, 2.75) is 59.5 Å². The number of ether oxygens (including phenoxy) is 1. The molecule has 0 saturated carbocycles. The lowest BCUT2D eigenvalue weighted by Gasteiger charge is -2.14. The molecule has 0 unspecified atom stereocenters. The molecular weight excluding hydrogens is 264 g/mol. The molecule has 0 aliphatic heterocycles. The molecule has 0 radical (unpaired) electrons. The first-order valence-electron chi connectivity index (χ1n) is 8.12. The maximum atomic E-state index is 5.54. The predicted octanol–water partition coefficient (Wildman–Crippen LogP) is 3.48. The van der Waals surface area contributed by atoms with E-state index in [4.69, 9.17) is 4.74 Å². The van der Waals surface area contributed by atoms with E-state index in [9.17, 15) is 0 Å². The largest absolute Gasteiger partial charge is 0.379 e. The molecule has 0 fully saturated rings. The van der Waals surface area contributed by atoms with Crippen LogP contribution in [0.5, 0.6) is 0 Å². The zero-order chi connectivity index (χ0) is 15.5. The van der Waals surface area contributed by atoms with E-state index in [1.165, 1.54) is 5.56 Å². The van der Waals surface area contributed by atoms with Crippen LogP contribution in [0.2, 0.25) is 0 Å². The van der Waals surface area contributed by atoms with Crippen LogP contribution in [-0.2, 0) is 11.2 Å². The molecule has 0 amide bonds. The Morgan fingerprint density at radius 1 is 1.05 bits per heavy atom. The highest BCUT2D eigenvalue weighted by molar-refractivity contribution is 5.57. The van der Waals surface area contributed by atoms with Gasteiger partial charge in [0.15, 0.2) is 0 Å². The average molecular weight is 294 g/mol. The van der Waals surface area contributed by atoms with Gasteiger partial charge in [-0.05, 0) is 39.5 Å². The topological polar surface area (TPSA) is 59.1 Å². The third kappa shape index (κ3) is 6.76. The molecule has 0 bridgehead atoms. The Balaban J connectivity index is 2.43. The van der Waals surface area contributed by atoms with Crippen molar-refractivity contribution >= 4 is 11.6 Å². The third-order valence-corrected chi connectivity index (χ3v) is 3.16. The smallest absolute Gasteiger partial charge is 0.134 e. The third-order valence-electron chi connectivity index (χ3n) is 3.16. The van der Waals surface area contributed by atoms with Crippen molar-refractivity contribution in [2.24, 2.45) is 0 Å². The number of rotatable bonds is 11. The summed E-state index contributed by atoms with van der Waals surface area (Å²) in [6.07, 6.45) is 6.11. The first-order chi connectivity index (χ1) is 10.2. The van der Waals surface area contributed by atoms with Gasteiger partial charge in [0, 0.05) is 25.3 Å². The number of nitrogens with one attached hydrogen (secondary N) is 2. The molecule has 5 heteroatoms. The summed E-state index contributed by atoms with van der Waals surface area (Å²) >= 11 is 0. The van der Waals surface area contributed by atoms with Crippen molar-refractivity contribution < 1.29 is 4.74 Å². The molecule has 1 aromatic heterocycles. The van der Waals surface area contributed by atoms with Crippen molar-refractivity contribution in [1.29, 1.82) is 0 Å². The van der Waals surface area contributed by atoms with Crippen LogP contribution >= 0.6 is 0 Å². The SMILES string of the molecule is CCCNc1ncnc(NCCCCOC(C)C)c1CC. The fraction of sp³-hybridized carbons (Fsp3) is 0.750. The number of anilines is 2. The Morgan fingerprint density at radius 3 is 2.29 bits per heavy atom. The molecule has 0 aromatic carbocycles. The van der Waals surface area contributed by atoms with E-state index in [2.05, 4.69) is 48.3 Å². The van der Waals surface area contributed by atoms with Gasteiger partial charge < -0.3 is 15.4 Å². The maximum absolute atomic E-state index is 5.54. The van der Waals surface area contributed by atoms with Gasteiger partial charge >= 0.3 is 0 Å². The summed E-state index contributed by atoms with van der Waals surface area (Å²) in [5.41, 5.74) is 1.17. The standard InChI is InChI=1S/C16H30N4O/c1-5-9-17-15-14(6-2)16(20-12-19-15)18-10-7-8-11-21-13(3)4/h12-13H,5-11H2,1-4H3,(H2,17,18,19,20). The fourth-order valence-corrected chi connectivity index (χ4v) is 2.05. The molecule has 5 nitrogen and oxygen atoms in total.